The van der Waals surface area contributed by atoms with Crippen LogP contribution in [-0.2, 0) is 0 Å². The summed E-state index contributed by atoms with van der Waals surface area (Å²) in [6.07, 6.45) is 3.69. The van der Waals surface area contributed by atoms with E-state index in [0.29, 0.717) is 5.95 Å². The van der Waals surface area contributed by atoms with Gasteiger partial charge in [-0.05, 0) is 48.9 Å². The molecule has 1 aliphatic carbocycles. The van der Waals surface area contributed by atoms with Crippen molar-refractivity contribution in [3.05, 3.63) is 96.1 Å². The number of anilines is 2. The molecule has 190 valence electrons. The molecule has 0 saturated heterocycles. The van der Waals surface area contributed by atoms with Gasteiger partial charge >= 0.3 is 6.03 Å². The molecule has 1 aliphatic rings. The molecule has 3 N–H and O–H groups in total. The maximum absolute atomic E-state index is 13.0. The molecule has 2 amide bonds. The van der Waals surface area contributed by atoms with Crippen molar-refractivity contribution in [2.75, 3.05) is 24.3 Å². The minimum atomic E-state index is -0.198. The van der Waals surface area contributed by atoms with E-state index in [-0.39, 0.29) is 24.2 Å². The van der Waals surface area contributed by atoms with E-state index in [2.05, 4.69) is 22.0 Å². The van der Waals surface area contributed by atoms with Crippen LogP contribution in [0.2, 0.25) is 0 Å². The second-order valence-corrected chi connectivity index (χ2v) is 9.85. The highest BCUT2D eigenvalue weighted by Gasteiger charge is 2.25. The van der Waals surface area contributed by atoms with Crippen LogP contribution in [0.3, 0.4) is 0 Å². The van der Waals surface area contributed by atoms with E-state index in [4.69, 9.17) is 9.97 Å². The van der Waals surface area contributed by atoms with Gasteiger partial charge in [-0.25, -0.2) is 9.78 Å². The van der Waals surface area contributed by atoms with E-state index in [1.165, 1.54) is 0 Å². The molecule has 3 aromatic carbocycles. The first-order chi connectivity index (χ1) is 18.1. The number of carbonyl (C=O) groups is 1. The summed E-state index contributed by atoms with van der Waals surface area (Å²) in [4.78, 5) is 24.5. The summed E-state index contributed by atoms with van der Waals surface area (Å²) >= 11 is 0. The molecule has 0 unspecified atom stereocenters. The largest absolute Gasteiger partial charge is 0.362 e. The fourth-order valence-electron chi connectivity index (χ4n) is 5.04. The minimum Gasteiger partial charge on any atom is -0.362 e. The molecule has 1 fully saturated rings. The van der Waals surface area contributed by atoms with Gasteiger partial charge in [0.15, 0.2) is 0 Å². The Morgan fingerprint density at radius 1 is 0.784 bits per heavy atom. The van der Waals surface area contributed by atoms with Crippen LogP contribution in [-0.4, -0.2) is 42.2 Å². The molecule has 0 radical (unpaired) electrons. The van der Waals surface area contributed by atoms with Crippen LogP contribution in [0.15, 0.2) is 84.9 Å². The standard InChI is InChI=1S/C30H34N6O/c1-36(2)28-25-15-9-10-16-26(25)33-29(35-28)31-23-17-19-24(20-18-23)32-30(37)34-27(21-11-5-3-6-12-21)22-13-7-4-8-14-22/h3-16,23-24,27H,17-20H2,1-2H3,(H,31,33,35)(H2,32,34,37)/t23-,24+. The van der Waals surface area contributed by atoms with Gasteiger partial charge in [-0.15, -0.1) is 0 Å². The number of fused-ring (bicyclic) bond motifs is 1. The molecule has 37 heavy (non-hydrogen) atoms. The summed E-state index contributed by atoms with van der Waals surface area (Å²) in [5, 5.41) is 11.0. The number of nitrogens with zero attached hydrogens (tertiary/aromatic N) is 3. The lowest BCUT2D eigenvalue weighted by atomic mass is 9.91. The zero-order valence-electron chi connectivity index (χ0n) is 21.4. The number of para-hydroxylation sites is 1. The normalized spacial score (nSPS) is 17.4. The van der Waals surface area contributed by atoms with Gasteiger partial charge in [0.05, 0.1) is 11.6 Å². The molecule has 1 aromatic heterocycles. The number of benzene rings is 3. The van der Waals surface area contributed by atoms with Crippen LogP contribution < -0.4 is 20.9 Å². The zero-order valence-corrected chi connectivity index (χ0v) is 21.4. The molecule has 5 rings (SSSR count). The molecule has 0 aliphatic heterocycles. The van der Waals surface area contributed by atoms with Crippen molar-refractivity contribution in [1.82, 2.24) is 20.6 Å². The average Bonchev–Trinajstić information content (AvgIpc) is 2.93. The summed E-state index contributed by atoms with van der Waals surface area (Å²) in [5.74, 6) is 1.57. The van der Waals surface area contributed by atoms with E-state index in [0.717, 1.165) is 53.5 Å². The Morgan fingerprint density at radius 3 is 1.97 bits per heavy atom. The van der Waals surface area contributed by atoms with E-state index in [1.807, 2.05) is 97.9 Å². The summed E-state index contributed by atoms with van der Waals surface area (Å²) in [6, 6.07) is 28.3. The number of aromatic nitrogens is 2. The first kappa shape index (κ1) is 24.6. The van der Waals surface area contributed by atoms with Crippen molar-refractivity contribution >= 4 is 28.7 Å². The summed E-state index contributed by atoms with van der Waals surface area (Å²) in [6.45, 7) is 0. The maximum atomic E-state index is 13.0. The van der Waals surface area contributed by atoms with E-state index in [9.17, 15) is 4.79 Å². The lowest BCUT2D eigenvalue weighted by molar-refractivity contribution is 0.229. The molecular weight excluding hydrogens is 460 g/mol. The number of hydrogen-bond acceptors (Lipinski definition) is 5. The van der Waals surface area contributed by atoms with Crippen LogP contribution in [0.5, 0.6) is 0 Å². The predicted molar refractivity (Wildman–Crippen MR) is 150 cm³/mol. The van der Waals surface area contributed by atoms with E-state index < -0.39 is 0 Å². The van der Waals surface area contributed by atoms with Gasteiger partial charge in [0.25, 0.3) is 0 Å². The fourth-order valence-corrected chi connectivity index (χ4v) is 5.04. The lowest BCUT2D eigenvalue weighted by Gasteiger charge is -2.30. The number of hydrogen-bond donors (Lipinski definition) is 3. The van der Waals surface area contributed by atoms with Gasteiger partial charge in [0, 0.05) is 31.6 Å². The molecule has 0 atom stereocenters. The quantitative estimate of drug-likeness (QED) is 0.316. The third-order valence-corrected chi connectivity index (χ3v) is 6.94. The van der Waals surface area contributed by atoms with Crippen molar-refractivity contribution in [2.24, 2.45) is 0 Å². The molecule has 4 aromatic rings. The Bertz CT molecular complexity index is 1280. The Morgan fingerprint density at radius 2 is 1.35 bits per heavy atom. The van der Waals surface area contributed by atoms with E-state index in [1.54, 1.807) is 0 Å². The third kappa shape index (κ3) is 6.00. The van der Waals surface area contributed by atoms with Crippen LogP contribution >= 0.6 is 0 Å². The SMILES string of the molecule is CN(C)c1nc(N[C@H]2CC[C@@H](NC(=O)NC(c3ccccc3)c3ccccc3)CC2)nc2ccccc12. The van der Waals surface area contributed by atoms with Gasteiger partial charge in [0.1, 0.15) is 5.82 Å². The Kier molecular flexibility index (Phi) is 7.49. The lowest BCUT2D eigenvalue weighted by Crippen LogP contribution is -2.46. The van der Waals surface area contributed by atoms with Crippen molar-refractivity contribution in [2.45, 2.75) is 43.8 Å². The molecule has 7 heteroatoms. The number of nitrogens with one attached hydrogen (secondary N) is 3. The van der Waals surface area contributed by atoms with Gasteiger partial charge in [-0.1, -0.05) is 72.8 Å². The van der Waals surface area contributed by atoms with Crippen LogP contribution in [0, 0.1) is 0 Å². The van der Waals surface area contributed by atoms with Crippen molar-refractivity contribution in [1.29, 1.82) is 0 Å². The third-order valence-electron chi connectivity index (χ3n) is 6.94. The number of urea groups is 1. The average molecular weight is 495 g/mol. The molecule has 0 bridgehead atoms. The first-order valence-electron chi connectivity index (χ1n) is 12.9. The second kappa shape index (κ2) is 11.3. The van der Waals surface area contributed by atoms with Crippen LogP contribution in [0.1, 0.15) is 42.9 Å². The highest BCUT2D eigenvalue weighted by Crippen LogP contribution is 2.27. The Hall–Kier alpha value is -4.13. The molecule has 1 saturated carbocycles. The number of carbonyl (C=O) groups excluding carboxylic acids is 1. The Labute approximate surface area is 218 Å². The smallest absolute Gasteiger partial charge is 0.315 e. The molecule has 7 nitrogen and oxygen atoms in total. The van der Waals surface area contributed by atoms with E-state index >= 15 is 0 Å². The topological polar surface area (TPSA) is 82.2 Å². The highest BCUT2D eigenvalue weighted by atomic mass is 16.2. The number of amides is 2. The van der Waals surface area contributed by atoms with Crippen LogP contribution in [0.25, 0.3) is 10.9 Å². The summed E-state index contributed by atoms with van der Waals surface area (Å²) in [5.41, 5.74) is 3.05. The Balaban J connectivity index is 1.18. The van der Waals surface area contributed by atoms with Gasteiger partial charge in [-0.2, -0.15) is 4.98 Å². The number of rotatable bonds is 7. The predicted octanol–water partition coefficient (Wildman–Crippen LogP) is 5.51. The molecule has 0 spiro atoms. The molecular formula is C30H34N6O. The van der Waals surface area contributed by atoms with Crippen molar-refractivity contribution < 1.29 is 4.79 Å². The summed E-state index contributed by atoms with van der Waals surface area (Å²) < 4.78 is 0. The maximum Gasteiger partial charge on any atom is 0.315 e. The highest BCUT2D eigenvalue weighted by molar-refractivity contribution is 5.90. The fraction of sp³-hybridized carbons (Fsp3) is 0.300. The van der Waals surface area contributed by atoms with Crippen molar-refractivity contribution in [3.63, 3.8) is 0 Å². The monoisotopic (exact) mass is 494 g/mol. The van der Waals surface area contributed by atoms with Gasteiger partial charge < -0.3 is 20.9 Å². The van der Waals surface area contributed by atoms with Crippen LogP contribution in [0.4, 0.5) is 16.6 Å². The summed E-state index contributed by atoms with van der Waals surface area (Å²) in [7, 11) is 4.00. The molecule has 1 heterocycles. The van der Waals surface area contributed by atoms with Gasteiger partial charge in [0.2, 0.25) is 5.95 Å². The minimum absolute atomic E-state index is 0.136. The van der Waals surface area contributed by atoms with Crippen molar-refractivity contribution in [3.8, 4) is 0 Å². The first-order valence-corrected chi connectivity index (χ1v) is 12.9. The second-order valence-electron chi connectivity index (χ2n) is 9.85. The zero-order chi connectivity index (χ0) is 25.6. The van der Waals surface area contributed by atoms with Gasteiger partial charge in [-0.3, -0.25) is 0 Å².